The summed E-state index contributed by atoms with van der Waals surface area (Å²) in [6.45, 7) is 0. The summed E-state index contributed by atoms with van der Waals surface area (Å²) in [5, 5.41) is 2.32. The van der Waals surface area contributed by atoms with Crippen LogP contribution in [0.25, 0.3) is 0 Å². The largest absolute Gasteiger partial charge is 0.417 e. The molecule has 2 rings (SSSR count). The first-order valence-corrected chi connectivity index (χ1v) is 6.84. The SMILES string of the molecule is CNC(c1c(C(F)(F)F)ccc(C(F)(F)F)c1C(F)(F)F)C1CC1. The third-order valence-electron chi connectivity index (χ3n) is 3.86. The van der Waals surface area contributed by atoms with Gasteiger partial charge in [0.15, 0.2) is 0 Å². The molecule has 0 heterocycles. The Kier molecular flexibility index (Phi) is 4.58. The van der Waals surface area contributed by atoms with Crippen LogP contribution in [0.15, 0.2) is 12.1 Å². The van der Waals surface area contributed by atoms with Crippen LogP contribution in [0.1, 0.15) is 41.1 Å². The quantitative estimate of drug-likeness (QED) is 0.706. The van der Waals surface area contributed by atoms with E-state index >= 15 is 0 Å². The molecular formula is C14H12F9N. The molecular weight excluding hydrogens is 353 g/mol. The summed E-state index contributed by atoms with van der Waals surface area (Å²) in [6.07, 6.45) is -15.5. The second kappa shape index (κ2) is 5.82. The number of alkyl halides is 9. The molecule has 0 radical (unpaired) electrons. The predicted octanol–water partition coefficient (Wildman–Crippen LogP) is 5.41. The van der Waals surface area contributed by atoms with Crippen molar-refractivity contribution in [2.24, 2.45) is 5.92 Å². The molecule has 1 fully saturated rings. The van der Waals surface area contributed by atoms with Crippen molar-refractivity contribution in [2.45, 2.75) is 37.4 Å². The lowest BCUT2D eigenvalue weighted by Crippen LogP contribution is -2.29. The molecule has 10 heteroatoms. The van der Waals surface area contributed by atoms with Gasteiger partial charge in [-0.25, -0.2) is 0 Å². The number of nitrogens with one attached hydrogen (secondary N) is 1. The highest BCUT2D eigenvalue weighted by atomic mass is 19.4. The molecule has 0 aliphatic heterocycles. The zero-order chi connectivity index (χ0) is 18.5. The number of benzene rings is 1. The Labute approximate surface area is 130 Å². The molecule has 1 aromatic rings. The van der Waals surface area contributed by atoms with Gasteiger partial charge in [-0.1, -0.05) is 0 Å². The number of hydrogen-bond acceptors (Lipinski definition) is 1. The zero-order valence-corrected chi connectivity index (χ0v) is 12.1. The zero-order valence-electron chi connectivity index (χ0n) is 12.1. The van der Waals surface area contributed by atoms with Crippen molar-refractivity contribution in [2.75, 3.05) is 7.05 Å². The van der Waals surface area contributed by atoms with Crippen LogP contribution in [0.2, 0.25) is 0 Å². The van der Waals surface area contributed by atoms with Gasteiger partial charge in [0.25, 0.3) is 0 Å². The standard InChI is InChI=1S/C14H12F9N/c1-24-11(6-2-3-6)9-7(12(15,16)17)4-5-8(13(18,19)20)10(9)14(21,22)23/h4-6,11,24H,2-3H2,1H3. The Morgan fingerprint density at radius 3 is 1.62 bits per heavy atom. The molecule has 136 valence electrons. The predicted molar refractivity (Wildman–Crippen MR) is 66.0 cm³/mol. The van der Waals surface area contributed by atoms with E-state index in [1.807, 2.05) is 0 Å². The summed E-state index contributed by atoms with van der Waals surface area (Å²) >= 11 is 0. The molecule has 0 bridgehead atoms. The Morgan fingerprint density at radius 2 is 1.29 bits per heavy atom. The van der Waals surface area contributed by atoms with Crippen LogP contribution in [0.4, 0.5) is 39.5 Å². The Morgan fingerprint density at radius 1 is 0.833 bits per heavy atom. The minimum atomic E-state index is -5.58. The minimum absolute atomic E-state index is 0.0696. The highest BCUT2D eigenvalue weighted by Crippen LogP contribution is 2.51. The van der Waals surface area contributed by atoms with E-state index < -0.39 is 52.7 Å². The first kappa shape index (κ1) is 18.9. The minimum Gasteiger partial charge on any atom is -0.313 e. The number of halogens is 9. The fourth-order valence-corrected chi connectivity index (χ4v) is 2.78. The second-order valence-electron chi connectivity index (χ2n) is 5.55. The molecule has 1 aromatic carbocycles. The lowest BCUT2D eigenvalue weighted by Gasteiger charge is -2.28. The summed E-state index contributed by atoms with van der Waals surface area (Å²) in [5.74, 6) is -0.569. The smallest absolute Gasteiger partial charge is 0.313 e. The maximum absolute atomic E-state index is 13.3. The van der Waals surface area contributed by atoms with E-state index in [-0.39, 0.29) is 12.1 Å². The number of rotatable bonds is 3. The van der Waals surface area contributed by atoms with Crippen LogP contribution in [-0.4, -0.2) is 7.05 Å². The van der Waals surface area contributed by atoms with E-state index in [0.717, 1.165) is 7.05 Å². The normalized spacial score (nSPS) is 17.9. The van der Waals surface area contributed by atoms with E-state index in [1.54, 1.807) is 0 Å². The van der Waals surface area contributed by atoms with Crippen molar-refractivity contribution in [3.05, 3.63) is 34.4 Å². The molecule has 0 saturated heterocycles. The summed E-state index contributed by atoms with van der Waals surface area (Å²) in [4.78, 5) is 0. The van der Waals surface area contributed by atoms with Crippen LogP contribution < -0.4 is 5.32 Å². The molecule has 1 saturated carbocycles. The van der Waals surface area contributed by atoms with E-state index in [4.69, 9.17) is 0 Å². The van der Waals surface area contributed by atoms with Gasteiger partial charge in [-0.2, -0.15) is 39.5 Å². The second-order valence-corrected chi connectivity index (χ2v) is 5.55. The molecule has 1 unspecified atom stereocenters. The summed E-state index contributed by atoms with van der Waals surface area (Å²) < 4.78 is 118. The summed E-state index contributed by atoms with van der Waals surface area (Å²) in [7, 11) is 1.13. The molecule has 0 aromatic heterocycles. The Hall–Kier alpha value is -1.45. The van der Waals surface area contributed by atoms with Gasteiger partial charge in [-0.05, 0) is 43.5 Å². The molecule has 1 atom stereocenters. The average molecular weight is 365 g/mol. The van der Waals surface area contributed by atoms with Gasteiger partial charge in [0, 0.05) is 6.04 Å². The molecule has 1 aliphatic rings. The monoisotopic (exact) mass is 365 g/mol. The Balaban J connectivity index is 2.87. The van der Waals surface area contributed by atoms with E-state index in [2.05, 4.69) is 5.32 Å². The van der Waals surface area contributed by atoms with Crippen molar-refractivity contribution in [1.29, 1.82) is 0 Å². The van der Waals surface area contributed by atoms with E-state index in [0.29, 0.717) is 12.8 Å². The molecule has 1 nitrogen and oxygen atoms in total. The van der Waals surface area contributed by atoms with Gasteiger partial charge in [-0.15, -0.1) is 0 Å². The topological polar surface area (TPSA) is 12.0 Å². The van der Waals surface area contributed by atoms with Crippen molar-refractivity contribution >= 4 is 0 Å². The summed E-state index contributed by atoms with van der Waals surface area (Å²) in [5.41, 5.74) is -7.46. The van der Waals surface area contributed by atoms with Crippen LogP contribution >= 0.6 is 0 Å². The van der Waals surface area contributed by atoms with Gasteiger partial charge < -0.3 is 5.32 Å². The molecule has 24 heavy (non-hydrogen) atoms. The van der Waals surface area contributed by atoms with Crippen LogP contribution in [-0.2, 0) is 18.5 Å². The maximum atomic E-state index is 13.3. The third kappa shape index (κ3) is 3.62. The molecule has 0 amide bonds. The van der Waals surface area contributed by atoms with Crippen LogP contribution in [0.3, 0.4) is 0 Å². The Bertz CT molecular complexity index is 608. The average Bonchev–Trinajstić information content (AvgIpc) is 3.20. The van der Waals surface area contributed by atoms with Crippen LogP contribution in [0, 0.1) is 5.92 Å². The van der Waals surface area contributed by atoms with Crippen molar-refractivity contribution in [3.8, 4) is 0 Å². The first-order chi connectivity index (χ1) is 10.8. The van der Waals surface area contributed by atoms with E-state index in [1.165, 1.54) is 0 Å². The molecule has 0 spiro atoms. The van der Waals surface area contributed by atoms with Gasteiger partial charge >= 0.3 is 18.5 Å². The highest BCUT2D eigenvalue weighted by Gasteiger charge is 2.51. The van der Waals surface area contributed by atoms with Crippen molar-refractivity contribution in [3.63, 3.8) is 0 Å². The van der Waals surface area contributed by atoms with Gasteiger partial charge in [-0.3, -0.25) is 0 Å². The maximum Gasteiger partial charge on any atom is 0.417 e. The fraction of sp³-hybridized carbons (Fsp3) is 0.571. The lowest BCUT2D eigenvalue weighted by atomic mass is 9.87. The highest BCUT2D eigenvalue weighted by molar-refractivity contribution is 5.48. The number of hydrogen-bond donors (Lipinski definition) is 1. The summed E-state index contributed by atoms with van der Waals surface area (Å²) in [6, 6.07) is -1.55. The third-order valence-corrected chi connectivity index (χ3v) is 3.86. The lowest BCUT2D eigenvalue weighted by molar-refractivity contribution is -0.164. The van der Waals surface area contributed by atoms with E-state index in [9.17, 15) is 39.5 Å². The van der Waals surface area contributed by atoms with Gasteiger partial charge in [0.1, 0.15) is 0 Å². The molecule has 1 aliphatic carbocycles. The van der Waals surface area contributed by atoms with Gasteiger partial charge in [0.05, 0.1) is 16.7 Å². The molecule has 1 N–H and O–H groups in total. The van der Waals surface area contributed by atoms with Crippen molar-refractivity contribution in [1.82, 2.24) is 5.32 Å². The first-order valence-electron chi connectivity index (χ1n) is 6.84. The van der Waals surface area contributed by atoms with Crippen LogP contribution in [0.5, 0.6) is 0 Å². The van der Waals surface area contributed by atoms with Gasteiger partial charge in [0.2, 0.25) is 0 Å². The van der Waals surface area contributed by atoms with Crippen molar-refractivity contribution < 1.29 is 39.5 Å². The fourth-order valence-electron chi connectivity index (χ4n) is 2.78.